The van der Waals surface area contributed by atoms with Crippen LogP contribution in [-0.2, 0) is 4.79 Å². The van der Waals surface area contributed by atoms with E-state index in [9.17, 15) is 4.79 Å². The average molecular weight is 270 g/mol. The molecule has 112 valence electrons. The molecule has 1 fully saturated rings. The first kappa shape index (κ1) is 16.4. The minimum atomic E-state index is -0.658. The van der Waals surface area contributed by atoms with E-state index >= 15 is 0 Å². The van der Waals surface area contributed by atoms with Crippen molar-refractivity contribution < 1.29 is 4.79 Å². The Labute approximate surface area is 117 Å². The highest BCUT2D eigenvalue weighted by Crippen LogP contribution is 2.22. The number of nitrogens with one attached hydrogen (secondary N) is 1. The Morgan fingerprint density at radius 2 is 2.05 bits per heavy atom. The average Bonchev–Trinajstić information content (AvgIpc) is 2.57. The fraction of sp³-hybridized carbons (Fsp3) is 0.929. The van der Waals surface area contributed by atoms with Crippen LogP contribution in [0.15, 0.2) is 0 Å². The molecule has 3 atom stereocenters. The molecule has 5 heteroatoms. The molecule has 0 bridgehead atoms. The van der Waals surface area contributed by atoms with Gasteiger partial charge >= 0.3 is 0 Å². The topological polar surface area (TPSA) is 61.6 Å². The van der Waals surface area contributed by atoms with Gasteiger partial charge in [-0.1, -0.05) is 6.92 Å². The van der Waals surface area contributed by atoms with E-state index in [0.29, 0.717) is 18.5 Å². The smallest absolute Gasteiger partial charge is 0.238 e. The van der Waals surface area contributed by atoms with Gasteiger partial charge in [-0.15, -0.1) is 0 Å². The predicted octanol–water partition coefficient (Wildman–Crippen LogP) is 0.110. The van der Waals surface area contributed by atoms with Crippen molar-refractivity contribution in [2.75, 3.05) is 33.7 Å². The van der Waals surface area contributed by atoms with Gasteiger partial charge in [0, 0.05) is 31.7 Å². The van der Waals surface area contributed by atoms with E-state index < -0.39 is 5.54 Å². The van der Waals surface area contributed by atoms with Crippen molar-refractivity contribution in [1.82, 2.24) is 15.1 Å². The molecular formula is C14H30N4O. The van der Waals surface area contributed by atoms with Crippen LogP contribution in [0.25, 0.3) is 0 Å². The van der Waals surface area contributed by atoms with E-state index in [-0.39, 0.29) is 11.9 Å². The maximum atomic E-state index is 11.8. The highest BCUT2D eigenvalue weighted by molar-refractivity contribution is 5.84. The summed E-state index contributed by atoms with van der Waals surface area (Å²) in [6, 6.07) is 0.790. The first-order chi connectivity index (χ1) is 8.65. The molecule has 0 spiro atoms. The van der Waals surface area contributed by atoms with Gasteiger partial charge in [-0.05, 0) is 40.8 Å². The number of carbonyl (C=O) groups is 1. The summed E-state index contributed by atoms with van der Waals surface area (Å²) in [7, 11) is 4.23. The van der Waals surface area contributed by atoms with E-state index in [1.165, 1.54) is 0 Å². The third-order valence-electron chi connectivity index (χ3n) is 4.00. The molecule has 1 rings (SSSR count). The molecule has 1 amide bonds. The van der Waals surface area contributed by atoms with Crippen LogP contribution >= 0.6 is 0 Å². The van der Waals surface area contributed by atoms with Crippen LogP contribution < -0.4 is 11.1 Å². The number of hydrogen-bond acceptors (Lipinski definition) is 4. The Bertz CT molecular complexity index is 319. The second-order valence-electron chi connectivity index (χ2n) is 6.70. The SMILES string of the molecule is CC(C)NC(C)(CN1CC(C)C(N(C)C)C1)C(N)=O. The maximum Gasteiger partial charge on any atom is 0.238 e. The van der Waals surface area contributed by atoms with Crippen molar-refractivity contribution in [2.45, 2.75) is 45.3 Å². The lowest BCUT2D eigenvalue weighted by Crippen LogP contribution is -2.61. The molecular weight excluding hydrogens is 240 g/mol. The quantitative estimate of drug-likeness (QED) is 0.719. The third-order valence-corrected chi connectivity index (χ3v) is 4.00. The lowest BCUT2D eigenvalue weighted by molar-refractivity contribution is -0.124. The van der Waals surface area contributed by atoms with Gasteiger partial charge < -0.3 is 16.0 Å². The second-order valence-corrected chi connectivity index (χ2v) is 6.70. The Balaban J connectivity index is 2.69. The molecule has 0 radical (unpaired) electrons. The number of hydrogen-bond donors (Lipinski definition) is 2. The molecule has 0 saturated carbocycles. The Morgan fingerprint density at radius 3 is 2.42 bits per heavy atom. The van der Waals surface area contributed by atoms with Gasteiger partial charge in [-0.25, -0.2) is 0 Å². The summed E-state index contributed by atoms with van der Waals surface area (Å²) >= 11 is 0. The van der Waals surface area contributed by atoms with Gasteiger partial charge in [0.2, 0.25) is 5.91 Å². The van der Waals surface area contributed by atoms with Crippen LogP contribution in [-0.4, -0.2) is 67.1 Å². The second kappa shape index (κ2) is 6.20. The lowest BCUT2D eigenvalue weighted by atomic mass is 9.99. The number of amides is 1. The van der Waals surface area contributed by atoms with Crippen LogP contribution in [0.1, 0.15) is 27.7 Å². The highest BCUT2D eigenvalue weighted by Gasteiger charge is 2.38. The molecule has 1 heterocycles. The van der Waals surface area contributed by atoms with Crippen LogP contribution in [0.5, 0.6) is 0 Å². The normalized spacial score (nSPS) is 28.0. The van der Waals surface area contributed by atoms with Crippen LogP contribution in [0, 0.1) is 5.92 Å². The van der Waals surface area contributed by atoms with E-state index in [0.717, 1.165) is 13.1 Å². The van der Waals surface area contributed by atoms with Crippen molar-refractivity contribution >= 4 is 5.91 Å². The molecule has 3 N–H and O–H groups in total. The van der Waals surface area contributed by atoms with Gasteiger partial charge in [0.15, 0.2) is 0 Å². The van der Waals surface area contributed by atoms with E-state index in [1.807, 2.05) is 20.8 Å². The molecule has 0 aromatic rings. The summed E-state index contributed by atoms with van der Waals surface area (Å²) in [5, 5.41) is 3.31. The third kappa shape index (κ3) is 4.16. The summed E-state index contributed by atoms with van der Waals surface area (Å²) in [4.78, 5) is 16.4. The highest BCUT2D eigenvalue weighted by atomic mass is 16.1. The molecule has 0 aromatic carbocycles. The summed E-state index contributed by atoms with van der Waals surface area (Å²) in [5.41, 5.74) is 4.93. The molecule has 0 aliphatic carbocycles. The zero-order valence-corrected chi connectivity index (χ0v) is 13.2. The van der Waals surface area contributed by atoms with E-state index in [4.69, 9.17) is 5.73 Å². The minimum Gasteiger partial charge on any atom is -0.368 e. The number of likely N-dealkylation sites (N-methyl/N-ethyl adjacent to an activating group) is 1. The van der Waals surface area contributed by atoms with Crippen LogP contribution in [0.4, 0.5) is 0 Å². The van der Waals surface area contributed by atoms with Crippen molar-refractivity contribution in [1.29, 1.82) is 0 Å². The molecule has 0 aromatic heterocycles. The Kier molecular flexibility index (Phi) is 5.35. The maximum absolute atomic E-state index is 11.8. The molecule has 1 saturated heterocycles. The number of primary amides is 1. The molecule has 1 aliphatic rings. The minimum absolute atomic E-state index is 0.238. The van der Waals surface area contributed by atoms with Gasteiger partial charge in [0.05, 0.1) is 0 Å². The number of rotatable bonds is 6. The molecule has 5 nitrogen and oxygen atoms in total. The fourth-order valence-electron chi connectivity index (χ4n) is 3.13. The zero-order chi connectivity index (χ0) is 14.8. The first-order valence-electron chi connectivity index (χ1n) is 7.12. The van der Waals surface area contributed by atoms with Crippen molar-refractivity contribution in [3.8, 4) is 0 Å². The number of nitrogens with zero attached hydrogens (tertiary/aromatic N) is 2. The largest absolute Gasteiger partial charge is 0.368 e. The number of carbonyl (C=O) groups excluding carboxylic acids is 1. The Morgan fingerprint density at radius 1 is 1.47 bits per heavy atom. The van der Waals surface area contributed by atoms with Crippen molar-refractivity contribution in [3.05, 3.63) is 0 Å². The molecule has 19 heavy (non-hydrogen) atoms. The van der Waals surface area contributed by atoms with Crippen LogP contribution in [0.3, 0.4) is 0 Å². The summed E-state index contributed by atoms with van der Waals surface area (Å²) in [6.45, 7) is 10.9. The summed E-state index contributed by atoms with van der Waals surface area (Å²) in [6.07, 6.45) is 0. The summed E-state index contributed by atoms with van der Waals surface area (Å²) in [5.74, 6) is 0.341. The monoisotopic (exact) mass is 270 g/mol. The van der Waals surface area contributed by atoms with Gasteiger partial charge in [0.25, 0.3) is 0 Å². The van der Waals surface area contributed by atoms with Crippen LogP contribution in [0.2, 0.25) is 0 Å². The Hall–Kier alpha value is -0.650. The van der Waals surface area contributed by atoms with E-state index in [1.54, 1.807) is 0 Å². The van der Waals surface area contributed by atoms with E-state index in [2.05, 4.69) is 36.1 Å². The molecule has 3 unspecified atom stereocenters. The standard InChI is InChI=1S/C14H30N4O/c1-10(2)16-14(4,13(15)19)9-18-7-11(3)12(8-18)17(5)6/h10-12,16H,7-9H2,1-6H3,(H2,15,19). The van der Waals surface area contributed by atoms with Crippen molar-refractivity contribution in [3.63, 3.8) is 0 Å². The fourth-order valence-corrected chi connectivity index (χ4v) is 3.13. The number of nitrogens with two attached hydrogens (primary N) is 1. The van der Waals surface area contributed by atoms with Gasteiger partial charge in [0.1, 0.15) is 5.54 Å². The summed E-state index contributed by atoms with van der Waals surface area (Å²) < 4.78 is 0. The number of likely N-dealkylation sites (tertiary alicyclic amines) is 1. The lowest BCUT2D eigenvalue weighted by Gasteiger charge is -2.34. The predicted molar refractivity (Wildman–Crippen MR) is 79.0 cm³/mol. The van der Waals surface area contributed by atoms with Crippen molar-refractivity contribution in [2.24, 2.45) is 11.7 Å². The molecule has 1 aliphatic heterocycles. The zero-order valence-electron chi connectivity index (χ0n) is 13.2. The first-order valence-corrected chi connectivity index (χ1v) is 7.12. The van der Waals surface area contributed by atoms with Gasteiger partial charge in [-0.2, -0.15) is 0 Å². The van der Waals surface area contributed by atoms with Gasteiger partial charge in [-0.3, -0.25) is 9.69 Å².